The molecule has 2 aliphatic heterocycles. The number of piperidine rings is 1. The summed E-state index contributed by atoms with van der Waals surface area (Å²) in [7, 11) is 0. The van der Waals surface area contributed by atoms with Gasteiger partial charge in [0.15, 0.2) is 0 Å². The van der Waals surface area contributed by atoms with E-state index in [4.69, 9.17) is 0 Å². The SMILES string of the molecule is O=C1CC[C@@H](N2C(=O)c3c(Br)c(Br)c(Br)c(Br)c3C2=O)C(=O)N1. The average Bonchev–Trinajstić information content (AvgIpc) is 2.75. The van der Waals surface area contributed by atoms with Gasteiger partial charge in [0.25, 0.3) is 11.8 Å². The van der Waals surface area contributed by atoms with Crippen LogP contribution in [-0.2, 0) is 9.59 Å². The standard InChI is InChI=1S/C13H6Br4N2O4/c14-7-5-6(8(15)10(17)9(7)16)13(23)19(12(5)22)3-1-2-4(20)18-11(3)21/h3H,1-2H2,(H,18,20,21)/t3-/m1/s1. The molecule has 0 spiro atoms. The molecule has 0 unspecified atom stereocenters. The van der Waals surface area contributed by atoms with Gasteiger partial charge in [0.2, 0.25) is 11.8 Å². The number of fused-ring (bicyclic) bond motifs is 1. The highest BCUT2D eigenvalue weighted by Crippen LogP contribution is 2.45. The summed E-state index contributed by atoms with van der Waals surface area (Å²) >= 11 is 13.3. The van der Waals surface area contributed by atoms with E-state index in [1.165, 1.54) is 0 Å². The van der Waals surface area contributed by atoms with Crippen LogP contribution in [0.15, 0.2) is 17.9 Å². The third-order valence-electron chi connectivity index (χ3n) is 3.65. The van der Waals surface area contributed by atoms with Crippen LogP contribution in [0.3, 0.4) is 0 Å². The van der Waals surface area contributed by atoms with E-state index < -0.39 is 29.7 Å². The maximum Gasteiger partial charge on any atom is 0.263 e. The number of carbonyl (C=O) groups excluding carboxylic acids is 4. The first-order chi connectivity index (χ1) is 10.8. The van der Waals surface area contributed by atoms with E-state index in [1.807, 2.05) is 0 Å². The van der Waals surface area contributed by atoms with E-state index in [0.717, 1.165) is 4.90 Å². The van der Waals surface area contributed by atoms with Crippen molar-refractivity contribution < 1.29 is 19.2 Å². The van der Waals surface area contributed by atoms with E-state index in [1.54, 1.807) is 0 Å². The molecule has 3 rings (SSSR count). The molecule has 0 bridgehead atoms. The Labute approximate surface area is 163 Å². The van der Waals surface area contributed by atoms with Gasteiger partial charge >= 0.3 is 0 Å². The predicted octanol–water partition coefficient (Wildman–Crippen LogP) is 3.14. The zero-order valence-corrected chi connectivity index (χ0v) is 17.4. The molecule has 23 heavy (non-hydrogen) atoms. The fraction of sp³-hybridized carbons (Fsp3) is 0.231. The predicted molar refractivity (Wildman–Crippen MR) is 93.9 cm³/mol. The molecule has 6 nitrogen and oxygen atoms in total. The van der Waals surface area contributed by atoms with Crippen molar-refractivity contribution in [3.63, 3.8) is 0 Å². The normalized spacial score (nSPS) is 20.9. The Bertz CT molecular complexity index is 761. The number of imide groups is 2. The summed E-state index contributed by atoms with van der Waals surface area (Å²) < 4.78 is 2.01. The zero-order chi connectivity index (χ0) is 17.0. The van der Waals surface area contributed by atoms with Crippen LogP contribution in [-0.4, -0.2) is 34.6 Å². The molecule has 1 aromatic carbocycles. The van der Waals surface area contributed by atoms with Crippen molar-refractivity contribution in [2.75, 3.05) is 0 Å². The summed E-state index contributed by atoms with van der Waals surface area (Å²) in [6, 6.07) is -0.989. The van der Waals surface area contributed by atoms with Crippen molar-refractivity contribution in [3.05, 3.63) is 29.0 Å². The summed E-state index contributed by atoms with van der Waals surface area (Å²) in [5.41, 5.74) is 0.364. The molecule has 10 heteroatoms. The maximum absolute atomic E-state index is 12.7. The zero-order valence-electron chi connectivity index (χ0n) is 11.1. The lowest BCUT2D eigenvalue weighted by Crippen LogP contribution is -2.54. The minimum atomic E-state index is -0.989. The van der Waals surface area contributed by atoms with Crippen molar-refractivity contribution >= 4 is 87.3 Å². The number of benzene rings is 1. The number of halogens is 4. The van der Waals surface area contributed by atoms with Crippen molar-refractivity contribution in [1.29, 1.82) is 0 Å². The second-order valence-corrected chi connectivity index (χ2v) is 8.13. The monoisotopic (exact) mass is 570 g/mol. The van der Waals surface area contributed by atoms with Crippen LogP contribution in [0.1, 0.15) is 33.6 Å². The van der Waals surface area contributed by atoms with Gasteiger partial charge in [0.05, 0.1) is 11.1 Å². The molecule has 4 amide bonds. The first kappa shape index (κ1) is 17.2. The summed E-state index contributed by atoms with van der Waals surface area (Å²) in [5, 5.41) is 2.16. The highest BCUT2D eigenvalue weighted by Gasteiger charge is 2.47. The smallest absolute Gasteiger partial charge is 0.263 e. The minimum absolute atomic E-state index is 0.0829. The molecule has 0 aliphatic carbocycles. The Kier molecular flexibility index (Phi) is 4.54. The molecule has 2 heterocycles. The number of hydrogen-bond acceptors (Lipinski definition) is 4. The van der Waals surface area contributed by atoms with Gasteiger partial charge < -0.3 is 0 Å². The van der Waals surface area contributed by atoms with Crippen LogP contribution in [0.25, 0.3) is 0 Å². The third-order valence-corrected chi connectivity index (χ3v) is 8.42. The van der Waals surface area contributed by atoms with E-state index in [0.29, 0.717) is 17.9 Å². The largest absolute Gasteiger partial charge is 0.295 e. The van der Waals surface area contributed by atoms with E-state index in [9.17, 15) is 19.2 Å². The van der Waals surface area contributed by atoms with Gasteiger partial charge in [-0.15, -0.1) is 0 Å². The van der Waals surface area contributed by atoms with Gasteiger partial charge in [0.1, 0.15) is 6.04 Å². The highest BCUT2D eigenvalue weighted by atomic mass is 79.9. The van der Waals surface area contributed by atoms with Crippen molar-refractivity contribution in [2.24, 2.45) is 0 Å². The second-order valence-electron chi connectivity index (χ2n) is 4.95. The quantitative estimate of drug-likeness (QED) is 0.318. The lowest BCUT2D eigenvalue weighted by Gasteiger charge is -2.27. The highest BCUT2D eigenvalue weighted by molar-refractivity contribution is 9.15. The number of carbonyl (C=O) groups is 4. The van der Waals surface area contributed by atoms with Gasteiger partial charge in [0, 0.05) is 24.3 Å². The lowest BCUT2D eigenvalue weighted by atomic mass is 10.0. The first-order valence-corrected chi connectivity index (χ1v) is 9.50. The molecular formula is C13H6Br4N2O4. The fourth-order valence-electron chi connectivity index (χ4n) is 2.58. The molecule has 2 aliphatic rings. The number of nitrogens with one attached hydrogen (secondary N) is 1. The minimum Gasteiger partial charge on any atom is -0.295 e. The topological polar surface area (TPSA) is 83.6 Å². The summed E-state index contributed by atoms with van der Waals surface area (Å²) in [5.74, 6) is -2.18. The molecule has 0 radical (unpaired) electrons. The molecule has 120 valence electrons. The van der Waals surface area contributed by atoms with Gasteiger partial charge in [-0.3, -0.25) is 29.4 Å². The van der Waals surface area contributed by atoms with E-state index in [2.05, 4.69) is 69.0 Å². The Hall–Kier alpha value is -0.580. The number of hydrogen-bond donors (Lipinski definition) is 1. The molecular weight excluding hydrogens is 568 g/mol. The second kappa shape index (κ2) is 6.05. The molecule has 0 aromatic heterocycles. The van der Waals surface area contributed by atoms with Crippen molar-refractivity contribution in [3.8, 4) is 0 Å². The van der Waals surface area contributed by atoms with Crippen molar-refractivity contribution in [2.45, 2.75) is 18.9 Å². The van der Waals surface area contributed by atoms with Crippen LogP contribution in [0.4, 0.5) is 0 Å². The maximum atomic E-state index is 12.7. The van der Waals surface area contributed by atoms with E-state index >= 15 is 0 Å². The van der Waals surface area contributed by atoms with E-state index in [-0.39, 0.29) is 24.0 Å². The third kappa shape index (κ3) is 2.54. The Balaban J connectivity index is 2.12. The van der Waals surface area contributed by atoms with Gasteiger partial charge in [-0.05, 0) is 70.1 Å². The van der Waals surface area contributed by atoms with Crippen molar-refractivity contribution in [1.82, 2.24) is 10.2 Å². The summed E-state index contributed by atoms with van der Waals surface area (Å²) in [6.07, 6.45) is 0.202. The molecule has 1 fully saturated rings. The summed E-state index contributed by atoms with van der Waals surface area (Å²) in [4.78, 5) is 49.6. The van der Waals surface area contributed by atoms with Crippen LogP contribution in [0, 0.1) is 0 Å². The number of amides is 4. The van der Waals surface area contributed by atoms with Crippen LogP contribution in [0.5, 0.6) is 0 Å². The number of nitrogens with zero attached hydrogens (tertiary/aromatic N) is 1. The molecule has 1 N–H and O–H groups in total. The van der Waals surface area contributed by atoms with Crippen LogP contribution < -0.4 is 5.32 Å². The van der Waals surface area contributed by atoms with Gasteiger partial charge in [-0.2, -0.15) is 0 Å². The van der Waals surface area contributed by atoms with Gasteiger partial charge in [-0.25, -0.2) is 0 Å². The Morgan fingerprint density at radius 3 is 1.74 bits per heavy atom. The Morgan fingerprint density at radius 2 is 1.30 bits per heavy atom. The number of rotatable bonds is 1. The fourth-order valence-corrected chi connectivity index (χ4v) is 5.04. The lowest BCUT2D eigenvalue weighted by molar-refractivity contribution is -0.136. The first-order valence-electron chi connectivity index (χ1n) is 6.33. The average molecular weight is 574 g/mol. The molecule has 1 aromatic rings. The molecule has 1 saturated heterocycles. The Morgan fingerprint density at radius 1 is 0.826 bits per heavy atom. The van der Waals surface area contributed by atoms with Crippen LogP contribution >= 0.6 is 63.7 Å². The summed E-state index contributed by atoms with van der Waals surface area (Å²) in [6.45, 7) is 0. The molecule has 0 saturated carbocycles. The van der Waals surface area contributed by atoms with Crippen LogP contribution in [0.2, 0.25) is 0 Å². The van der Waals surface area contributed by atoms with Gasteiger partial charge in [-0.1, -0.05) is 0 Å². The molecule has 1 atom stereocenters.